The van der Waals surface area contributed by atoms with Crippen LogP contribution in [0.1, 0.15) is 18.4 Å². The SMILES string of the molecule is O=C(O)C(=O)O.O=S(=O)(c1ccc(Cl)c(C(F)(F)F)c1)N1CCN(CC(O)COCC2CCCO2)CC1. The third-order valence-electron chi connectivity index (χ3n) is 5.50. The number of ether oxygens (including phenoxy) is 2. The zero-order chi connectivity index (χ0) is 27.8. The quantitative estimate of drug-likeness (QED) is 0.387. The van der Waals surface area contributed by atoms with Gasteiger partial charge in [-0.3, -0.25) is 4.90 Å². The average molecular weight is 577 g/mol. The monoisotopic (exact) mass is 576 g/mol. The van der Waals surface area contributed by atoms with Crippen molar-refractivity contribution in [3.8, 4) is 0 Å². The topological polar surface area (TPSA) is 154 Å². The molecule has 11 nitrogen and oxygen atoms in total. The number of aliphatic carboxylic acids is 2. The first-order chi connectivity index (χ1) is 17.2. The summed E-state index contributed by atoms with van der Waals surface area (Å²) in [5.41, 5.74) is -1.18. The number of rotatable bonds is 8. The summed E-state index contributed by atoms with van der Waals surface area (Å²) >= 11 is 5.58. The van der Waals surface area contributed by atoms with Crippen molar-refractivity contribution in [1.29, 1.82) is 0 Å². The third-order valence-corrected chi connectivity index (χ3v) is 7.73. The molecule has 2 unspecified atom stereocenters. The highest BCUT2D eigenvalue weighted by Gasteiger charge is 2.36. The van der Waals surface area contributed by atoms with Gasteiger partial charge in [-0.15, -0.1) is 0 Å². The van der Waals surface area contributed by atoms with Crippen LogP contribution in [0.4, 0.5) is 13.2 Å². The molecule has 0 radical (unpaired) electrons. The normalized spacial score (nSPS) is 20.2. The van der Waals surface area contributed by atoms with E-state index in [1.807, 2.05) is 4.90 Å². The van der Waals surface area contributed by atoms with Crippen LogP contribution in [0.5, 0.6) is 0 Å². The fourth-order valence-electron chi connectivity index (χ4n) is 3.65. The predicted octanol–water partition coefficient (Wildman–Crippen LogP) is 1.38. The lowest BCUT2D eigenvalue weighted by Gasteiger charge is -2.35. The lowest BCUT2D eigenvalue weighted by molar-refractivity contribution is -0.159. The van der Waals surface area contributed by atoms with Crippen molar-refractivity contribution in [2.45, 2.75) is 36.1 Å². The number of aliphatic hydroxyl groups is 1. The maximum Gasteiger partial charge on any atom is 0.417 e. The summed E-state index contributed by atoms with van der Waals surface area (Å²) in [7, 11) is -4.09. The number of carbonyl (C=O) groups is 2. The molecule has 2 heterocycles. The van der Waals surface area contributed by atoms with Gasteiger partial charge in [-0.25, -0.2) is 18.0 Å². The smallest absolute Gasteiger partial charge is 0.417 e. The van der Waals surface area contributed by atoms with Crippen molar-refractivity contribution in [1.82, 2.24) is 9.21 Å². The Hall–Kier alpha value is -2.01. The number of hydrogen-bond donors (Lipinski definition) is 3. The Morgan fingerprint density at radius 2 is 1.78 bits per heavy atom. The number of halogens is 4. The average Bonchev–Trinajstić information content (AvgIpc) is 3.32. The highest BCUT2D eigenvalue weighted by Crippen LogP contribution is 2.36. The Morgan fingerprint density at radius 3 is 2.30 bits per heavy atom. The Bertz CT molecular complexity index is 1020. The zero-order valence-corrected chi connectivity index (χ0v) is 21.1. The number of hydrogen-bond acceptors (Lipinski definition) is 8. The standard InChI is InChI=1S/C19H26ClF3N2O5S.C2H2O4/c20-18-4-3-16(10-17(18)19(21,22)23)31(27,28)25-7-5-24(6-8-25)11-14(26)12-29-13-15-2-1-9-30-15;3-1(4)2(5)6/h3-4,10,14-15,26H,1-2,5-9,11-13H2;(H,3,4)(H,5,6). The summed E-state index contributed by atoms with van der Waals surface area (Å²) in [6.07, 6.45) is -3.44. The maximum absolute atomic E-state index is 13.1. The molecule has 0 spiro atoms. The van der Waals surface area contributed by atoms with Crippen LogP contribution >= 0.6 is 11.6 Å². The molecule has 0 saturated carbocycles. The van der Waals surface area contributed by atoms with Crippen molar-refractivity contribution < 1.29 is 56.0 Å². The fourth-order valence-corrected chi connectivity index (χ4v) is 5.32. The van der Waals surface area contributed by atoms with Gasteiger partial charge in [-0.2, -0.15) is 17.5 Å². The van der Waals surface area contributed by atoms with Crippen LogP contribution in [-0.2, 0) is 35.3 Å². The highest BCUT2D eigenvalue weighted by molar-refractivity contribution is 7.89. The second kappa shape index (κ2) is 13.7. The van der Waals surface area contributed by atoms with Gasteiger partial charge >= 0.3 is 18.1 Å². The summed E-state index contributed by atoms with van der Waals surface area (Å²) < 4.78 is 76.9. The van der Waals surface area contributed by atoms with E-state index < -0.39 is 49.7 Å². The van der Waals surface area contributed by atoms with Crippen LogP contribution in [0.15, 0.2) is 23.1 Å². The maximum atomic E-state index is 13.1. The van der Waals surface area contributed by atoms with E-state index in [1.165, 1.54) is 0 Å². The number of sulfonamides is 1. The van der Waals surface area contributed by atoms with Crippen LogP contribution in [0.25, 0.3) is 0 Å². The molecule has 2 saturated heterocycles. The second-order valence-corrected chi connectivity index (χ2v) is 10.6. The summed E-state index contributed by atoms with van der Waals surface area (Å²) in [6.45, 7) is 2.55. The molecule has 16 heteroatoms. The van der Waals surface area contributed by atoms with Crippen molar-refractivity contribution in [3.05, 3.63) is 28.8 Å². The molecule has 3 rings (SSSR count). The highest BCUT2D eigenvalue weighted by atomic mass is 35.5. The van der Waals surface area contributed by atoms with E-state index in [2.05, 4.69) is 0 Å². The van der Waals surface area contributed by atoms with Crippen LogP contribution in [0, 0.1) is 0 Å². The van der Waals surface area contributed by atoms with E-state index in [1.54, 1.807) is 0 Å². The summed E-state index contributed by atoms with van der Waals surface area (Å²) in [5.74, 6) is -3.65. The number of β-amino-alcohol motifs (C(OH)–C–C–N with tert-alkyl or cyclic N) is 1. The van der Waals surface area contributed by atoms with Crippen LogP contribution in [0.3, 0.4) is 0 Å². The Kier molecular flexibility index (Phi) is 11.5. The summed E-state index contributed by atoms with van der Waals surface area (Å²) in [6, 6.07) is 2.59. The van der Waals surface area contributed by atoms with Crippen LogP contribution < -0.4 is 0 Å². The zero-order valence-electron chi connectivity index (χ0n) is 19.6. The van der Waals surface area contributed by atoms with Crippen molar-refractivity contribution in [2.24, 2.45) is 0 Å². The minimum Gasteiger partial charge on any atom is -0.473 e. The lowest BCUT2D eigenvalue weighted by atomic mass is 10.2. The van der Waals surface area contributed by atoms with Gasteiger partial charge < -0.3 is 24.8 Å². The molecule has 2 atom stereocenters. The minimum atomic E-state index is -4.75. The number of alkyl halides is 3. The first-order valence-electron chi connectivity index (χ1n) is 11.1. The van der Waals surface area contributed by atoms with Crippen molar-refractivity contribution >= 4 is 33.6 Å². The number of aliphatic hydroxyl groups excluding tert-OH is 1. The van der Waals surface area contributed by atoms with Gasteiger partial charge in [0.15, 0.2) is 0 Å². The van der Waals surface area contributed by atoms with Crippen LogP contribution in [-0.4, -0.2) is 110 Å². The van der Waals surface area contributed by atoms with Gasteiger partial charge in [0.1, 0.15) is 0 Å². The molecule has 0 aromatic heterocycles. The summed E-state index contributed by atoms with van der Waals surface area (Å²) in [5, 5.41) is 24.4. The Morgan fingerprint density at radius 1 is 1.16 bits per heavy atom. The van der Waals surface area contributed by atoms with Gasteiger partial charge in [0, 0.05) is 39.3 Å². The molecule has 210 valence electrons. The molecule has 2 aliphatic heterocycles. The van der Waals surface area contributed by atoms with E-state index in [9.17, 15) is 26.7 Å². The van der Waals surface area contributed by atoms with E-state index in [-0.39, 0.29) is 25.8 Å². The fraction of sp³-hybridized carbons (Fsp3) is 0.619. The molecule has 0 aliphatic carbocycles. The minimum absolute atomic E-state index is 0.0756. The first-order valence-corrected chi connectivity index (χ1v) is 13.0. The van der Waals surface area contributed by atoms with Gasteiger partial charge in [0.25, 0.3) is 0 Å². The summed E-state index contributed by atoms with van der Waals surface area (Å²) in [4.78, 5) is 19.7. The largest absolute Gasteiger partial charge is 0.473 e. The van der Waals surface area contributed by atoms with Gasteiger partial charge in [-0.05, 0) is 31.0 Å². The number of nitrogens with zero attached hydrogens (tertiary/aromatic N) is 2. The third kappa shape index (κ3) is 9.67. The Balaban J connectivity index is 0.000000717. The molecule has 2 aliphatic rings. The molecule has 0 bridgehead atoms. The predicted molar refractivity (Wildman–Crippen MR) is 123 cm³/mol. The van der Waals surface area contributed by atoms with E-state index >= 15 is 0 Å². The molecule has 3 N–H and O–H groups in total. The number of benzene rings is 1. The van der Waals surface area contributed by atoms with Crippen molar-refractivity contribution in [3.63, 3.8) is 0 Å². The second-order valence-electron chi connectivity index (χ2n) is 8.28. The van der Waals surface area contributed by atoms with Crippen molar-refractivity contribution in [2.75, 3.05) is 52.5 Å². The number of carboxylic acids is 2. The Labute approximate surface area is 216 Å². The molecule has 1 aromatic carbocycles. The number of carboxylic acid groups (broad SMARTS) is 2. The van der Waals surface area contributed by atoms with E-state index in [0.717, 1.165) is 35.9 Å². The first kappa shape index (κ1) is 31.2. The van der Waals surface area contributed by atoms with Gasteiger partial charge in [0.2, 0.25) is 10.0 Å². The lowest BCUT2D eigenvalue weighted by Crippen LogP contribution is -2.50. The van der Waals surface area contributed by atoms with Gasteiger partial charge in [0.05, 0.1) is 40.9 Å². The molecule has 37 heavy (non-hydrogen) atoms. The molecular formula is C21H28ClF3N2O9S. The molecule has 0 amide bonds. The molecular weight excluding hydrogens is 549 g/mol. The molecule has 1 aromatic rings. The number of piperazine rings is 1. The van der Waals surface area contributed by atoms with E-state index in [0.29, 0.717) is 32.3 Å². The van der Waals surface area contributed by atoms with Crippen LogP contribution in [0.2, 0.25) is 5.02 Å². The van der Waals surface area contributed by atoms with E-state index in [4.69, 9.17) is 40.9 Å². The molecule has 2 fully saturated rings. The van der Waals surface area contributed by atoms with Gasteiger partial charge in [-0.1, -0.05) is 11.6 Å².